The minimum absolute atomic E-state index is 0.124. The molecule has 0 atom stereocenters. The number of nitrogens with zero attached hydrogens (tertiary/aromatic N) is 2. The third-order valence-electron chi connectivity index (χ3n) is 4.89. The summed E-state index contributed by atoms with van der Waals surface area (Å²) in [5, 5.41) is 19.4. The summed E-state index contributed by atoms with van der Waals surface area (Å²) in [4.78, 5) is 12.2. The van der Waals surface area contributed by atoms with Crippen LogP contribution in [0.3, 0.4) is 0 Å². The molecule has 1 aromatic carbocycles. The molecule has 25 heavy (non-hydrogen) atoms. The van der Waals surface area contributed by atoms with Crippen LogP contribution in [-0.2, 0) is 13.1 Å². The van der Waals surface area contributed by atoms with Gasteiger partial charge in [-0.3, -0.25) is 4.68 Å². The van der Waals surface area contributed by atoms with Crippen LogP contribution in [0.1, 0.15) is 36.8 Å². The standard InChI is InChI=1S/C19H26N4O2/c24-14-15-6-8-18(9-7-15)22-19(25)20-12-16-4-1-2-5-17(16)13-23-11-3-10-21-23/h1-5,10-11,15,18,24H,6-9,12-14H2,(H2,20,22,25). The van der Waals surface area contributed by atoms with Gasteiger partial charge < -0.3 is 15.7 Å². The van der Waals surface area contributed by atoms with Crippen LogP contribution in [0.25, 0.3) is 0 Å². The third-order valence-corrected chi connectivity index (χ3v) is 4.89. The number of benzene rings is 1. The SMILES string of the molecule is O=C(NCc1ccccc1Cn1cccn1)NC1CCC(CO)CC1. The van der Waals surface area contributed by atoms with Crippen molar-refractivity contribution in [2.24, 2.45) is 5.92 Å². The molecule has 3 rings (SSSR count). The summed E-state index contributed by atoms with van der Waals surface area (Å²) in [5.74, 6) is 0.398. The molecule has 0 spiro atoms. The monoisotopic (exact) mass is 342 g/mol. The van der Waals surface area contributed by atoms with Gasteiger partial charge in [0.15, 0.2) is 0 Å². The van der Waals surface area contributed by atoms with E-state index in [0.29, 0.717) is 19.0 Å². The molecule has 1 aromatic heterocycles. The number of aliphatic hydroxyl groups excluding tert-OH is 1. The molecule has 0 aliphatic heterocycles. The van der Waals surface area contributed by atoms with E-state index in [0.717, 1.165) is 36.8 Å². The molecule has 2 aromatic rings. The number of amides is 2. The molecule has 6 nitrogen and oxygen atoms in total. The molecule has 2 amide bonds. The number of aromatic nitrogens is 2. The van der Waals surface area contributed by atoms with E-state index in [4.69, 9.17) is 0 Å². The Bertz CT molecular complexity index is 664. The Morgan fingerprint density at radius 2 is 1.92 bits per heavy atom. The van der Waals surface area contributed by atoms with E-state index in [-0.39, 0.29) is 18.7 Å². The Labute approximate surface area is 148 Å². The molecule has 1 heterocycles. The molecule has 0 radical (unpaired) electrons. The van der Waals surface area contributed by atoms with Gasteiger partial charge in [0, 0.05) is 31.6 Å². The van der Waals surface area contributed by atoms with Crippen LogP contribution in [0.5, 0.6) is 0 Å². The third kappa shape index (κ3) is 5.06. The predicted molar refractivity (Wildman–Crippen MR) is 96.0 cm³/mol. The van der Waals surface area contributed by atoms with Crippen LogP contribution >= 0.6 is 0 Å². The first-order valence-corrected chi connectivity index (χ1v) is 8.94. The van der Waals surface area contributed by atoms with Gasteiger partial charge in [-0.05, 0) is 48.8 Å². The van der Waals surface area contributed by atoms with E-state index in [1.807, 2.05) is 35.1 Å². The highest BCUT2D eigenvalue weighted by atomic mass is 16.3. The van der Waals surface area contributed by atoms with Gasteiger partial charge in [0.1, 0.15) is 0 Å². The highest BCUT2D eigenvalue weighted by Crippen LogP contribution is 2.23. The number of hydrogen-bond acceptors (Lipinski definition) is 3. The summed E-state index contributed by atoms with van der Waals surface area (Å²) in [6.45, 7) is 1.44. The Morgan fingerprint density at radius 3 is 2.60 bits per heavy atom. The normalized spacial score (nSPS) is 20.2. The van der Waals surface area contributed by atoms with E-state index >= 15 is 0 Å². The predicted octanol–water partition coefficient (Wildman–Crippen LogP) is 2.28. The number of carbonyl (C=O) groups is 1. The van der Waals surface area contributed by atoms with E-state index in [1.54, 1.807) is 6.20 Å². The highest BCUT2D eigenvalue weighted by Gasteiger charge is 2.21. The zero-order valence-electron chi connectivity index (χ0n) is 14.4. The van der Waals surface area contributed by atoms with Gasteiger partial charge in [-0.1, -0.05) is 24.3 Å². The van der Waals surface area contributed by atoms with Crippen molar-refractivity contribution in [2.45, 2.75) is 44.8 Å². The second-order valence-electron chi connectivity index (χ2n) is 6.70. The van der Waals surface area contributed by atoms with Crippen molar-refractivity contribution in [3.63, 3.8) is 0 Å². The van der Waals surface area contributed by atoms with Crippen LogP contribution in [0, 0.1) is 5.92 Å². The minimum Gasteiger partial charge on any atom is -0.396 e. The Morgan fingerprint density at radius 1 is 1.16 bits per heavy atom. The summed E-state index contributed by atoms with van der Waals surface area (Å²) in [5.41, 5.74) is 2.24. The van der Waals surface area contributed by atoms with Crippen LogP contribution in [0.15, 0.2) is 42.7 Å². The number of urea groups is 1. The molecule has 0 saturated heterocycles. The van der Waals surface area contributed by atoms with Crippen LogP contribution in [0.4, 0.5) is 4.79 Å². The van der Waals surface area contributed by atoms with Crippen molar-refractivity contribution in [1.82, 2.24) is 20.4 Å². The number of carbonyl (C=O) groups excluding carboxylic acids is 1. The molecular weight excluding hydrogens is 316 g/mol. The van der Waals surface area contributed by atoms with Crippen molar-refractivity contribution < 1.29 is 9.90 Å². The maximum atomic E-state index is 12.2. The molecule has 0 bridgehead atoms. The topological polar surface area (TPSA) is 79.2 Å². The van der Waals surface area contributed by atoms with Gasteiger partial charge in [0.2, 0.25) is 0 Å². The van der Waals surface area contributed by atoms with Crippen LogP contribution in [0.2, 0.25) is 0 Å². The smallest absolute Gasteiger partial charge is 0.315 e. The average Bonchev–Trinajstić information content (AvgIpc) is 3.15. The second kappa shape index (κ2) is 8.67. The first kappa shape index (κ1) is 17.5. The molecular formula is C19H26N4O2. The van der Waals surface area contributed by atoms with Gasteiger partial charge in [-0.15, -0.1) is 0 Å². The van der Waals surface area contributed by atoms with E-state index < -0.39 is 0 Å². The van der Waals surface area contributed by atoms with Crippen molar-refractivity contribution in [3.05, 3.63) is 53.9 Å². The quantitative estimate of drug-likeness (QED) is 0.753. The molecule has 1 fully saturated rings. The summed E-state index contributed by atoms with van der Waals surface area (Å²) in [7, 11) is 0. The lowest BCUT2D eigenvalue weighted by atomic mass is 9.87. The van der Waals surface area contributed by atoms with Crippen molar-refractivity contribution >= 4 is 6.03 Å². The second-order valence-corrected chi connectivity index (χ2v) is 6.70. The van der Waals surface area contributed by atoms with Gasteiger partial charge >= 0.3 is 6.03 Å². The Balaban J connectivity index is 1.49. The fourth-order valence-corrected chi connectivity index (χ4v) is 3.35. The molecule has 1 aliphatic rings. The molecule has 0 unspecified atom stereocenters. The minimum atomic E-state index is -0.124. The first-order valence-electron chi connectivity index (χ1n) is 8.94. The average molecular weight is 342 g/mol. The van der Waals surface area contributed by atoms with Crippen molar-refractivity contribution in [1.29, 1.82) is 0 Å². The number of nitrogens with one attached hydrogen (secondary N) is 2. The lowest BCUT2D eigenvalue weighted by Crippen LogP contribution is -2.43. The Kier molecular flexibility index (Phi) is 6.06. The maximum absolute atomic E-state index is 12.2. The Hall–Kier alpha value is -2.34. The zero-order valence-corrected chi connectivity index (χ0v) is 14.4. The van der Waals surface area contributed by atoms with Gasteiger partial charge in [0.05, 0.1) is 6.54 Å². The molecule has 134 valence electrons. The van der Waals surface area contributed by atoms with E-state index in [9.17, 15) is 9.90 Å². The van der Waals surface area contributed by atoms with Crippen molar-refractivity contribution in [3.8, 4) is 0 Å². The zero-order chi connectivity index (χ0) is 17.5. The van der Waals surface area contributed by atoms with Gasteiger partial charge in [-0.25, -0.2) is 4.79 Å². The fourth-order valence-electron chi connectivity index (χ4n) is 3.35. The molecule has 1 saturated carbocycles. The van der Waals surface area contributed by atoms with Crippen LogP contribution < -0.4 is 10.6 Å². The molecule has 1 aliphatic carbocycles. The van der Waals surface area contributed by atoms with Crippen molar-refractivity contribution in [2.75, 3.05) is 6.61 Å². The fraction of sp³-hybridized carbons (Fsp3) is 0.474. The van der Waals surface area contributed by atoms with E-state index in [1.165, 1.54) is 0 Å². The summed E-state index contributed by atoms with van der Waals surface area (Å²) in [6.07, 6.45) is 7.53. The number of rotatable bonds is 6. The maximum Gasteiger partial charge on any atom is 0.315 e. The number of hydrogen-bond donors (Lipinski definition) is 3. The lowest BCUT2D eigenvalue weighted by molar-refractivity contribution is 0.174. The highest BCUT2D eigenvalue weighted by molar-refractivity contribution is 5.74. The first-order chi connectivity index (χ1) is 12.2. The molecule has 3 N–H and O–H groups in total. The summed E-state index contributed by atoms with van der Waals surface area (Å²) >= 11 is 0. The van der Waals surface area contributed by atoms with E-state index in [2.05, 4.69) is 21.8 Å². The number of aliphatic hydroxyl groups is 1. The van der Waals surface area contributed by atoms with Crippen LogP contribution in [-0.4, -0.2) is 33.6 Å². The lowest BCUT2D eigenvalue weighted by Gasteiger charge is -2.28. The summed E-state index contributed by atoms with van der Waals surface area (Å²) < 4.78 is 1.87. The largest absolute Gasteiger partial charge is 0.396 e. The molecule has 6 heteroatoms. The van der Waals surface area contributed by atoms with Gasteiger partial charge in [0.25, 0.3) is 0 Å². The summed E-state index contributed by atoms with van der Waals surface area (Å²) in [6, 6.07) is 10.1. The van der Waals surface area contributed by atoms with Gasteiger partial charge in [-0.2, -0.15) is 5.10 Å².